The molecule has 1 aliphatic rings. The van der Waals surface area contributed by atoms with Gasteiger partial charge >= 0.3 is 0 Å². The first-order chi connectivity index (χ1) is 10.2. The third kappa shape index (κ3) is 5.28. The molecule has 0 aromatic heterocycles. The van der Waals surface area contributed by atoms with E-state index in [9.17, 15) is 9.90 Å². The van der Waals surface area contributed by atoms with E-state index in [-0.39, 0.29) is 25.1 Å². The maximum atomic E-state index is 11.8. The lowest BCUT2D eigenvalue weighted by Crippen LogP contribution is -2.52. The fraction of sp³-hybridized carbons (Fsp3) is 0.500. The zero-order chi connectivity index (χ0) is 15.1. The summed E-state index contributed by atoms with van der Waals surface area (Å²) < 4.78 is 11.5. The topological polar surface area (TPSA) is 79.8 Å². The SMILES string of the molecule is O=C(NCC(O)COc1ccccc1Br)C1COCCN1. The smallest absolute Gasteiger partial charge is 0.239 e. The number of hydrogen-bond donors (Lipinski definition) is 3. The molecule has 0 aliphatic carbocycles. The maximum Gasteiger partial charge on any atom is 0.239 e. The van der Waals surface area contributed by atoms with E-state index in [4.69, 9.17) is 9.47 Å². The number of halogens is 1. The first kappa shape index (κ1) is 16.2. The van der Waals surface area contributed by atoms with Crippen molar-refractivity contribution >= 4 is 21.8 Å². The highest BCUT2D eigenvalue weighted by atomic mass is 79.9. The van der Waals surface area contributed by atoms with Crippen LogP contribution in [0.2, 0.25) is 0 Å². The number of benzene rings is 1. The standard InChI is InChI=1S/C14H19BrN2O4/c15-11-3-1-2-4-13(11)21-8-10(18)7-17-14(19)12-9-20-6-5-16-12/h1-4,10,12,16,18H,5-9H2,(H,17,19). The number of rotatable bonds is 6. The Morgan fingerprint density at radius 2 is 2.38 bits per heavy atom. The van der Waals surface area contributed by atoms with Gasteiger partial charge in [-0.25, -0.2) is 0 Å². The highest BCUT2D eigenvalue weighted by Gasteiger charge is 2.21. The number of carbonyl (C=O) groups is 1. The molecular weight excluding hydrogens is 340 g/mol. The molecule has 21 heavy (non-hydrogen) atoms. The Hall–Kier alpha value is -1.15. The number of ether oxygens (including phenoxy) is 2. The van der Waals surface area contributed by atoms with Gasteiger partial charge in [0.25, 0.3) is 0 Å². The lowest BCUT2D eigenvalue weighted by atomic mass is 10.2. The van der Waals surface area contributed by atoms with Crippen LogP contribution in [0.4, 0.5) is 0 Å². The summed E-state index contributed by atoms with van der Waals surface area (Å²) in [5.74, 6) is 0.486. The minimum atomic E-state index is -0.773. The Morgan fingerprint density at radius 3 is 3.10 bits per heavy atom. The van der Waals surface area contributed by atoms with Crippen molar-refractivity contribution in [3.8, 4) is 5.75 Å². The number of carbonyl (C=O) groups excluding carboxylic acids is 1. The van der Waals surface area contributed by atoms with Crippen LogP contribution in [-0.2, 0) is 9.53 Å². The predicted octanol–water partition coefficient (Wildman–Crippen LogP) is 0.293. The summed E-state index contributed by atoms with van der Waals surface area (Å²) in [6.45, 7) is 1.88. The van der Waals surface area contributed by atoms with Crippen molar-refractivity contribution in [3.63, 3.8) is 0 Å². The Kier molecular flexibility index (Phi) is 6.44. The Balaban J connectivity index is 1.68. The van der Waals surface area contributed by atoms with Crippen molar-refractivity contribution in [1.29, 1.82) is 0 Å². The fourth-order valence-electron chi connectivity index (χ4n) is 1.88. The van der Waals surface area contributed by atoms with Crippen LogP contribution in [0.25, 0.3) is 0 Å². The lowest BCUT2D eigenvalue weighted by molar-refractivity contribution is -0.126. The maximum absolute atomic E-state index is 11.8. The fourth-order valence-corrected chi connectivity index (χ4v) is 2.28. The van der Waals surface area contributed by atoms with Crippen molar-refractivity contribution in [2.75, 3.05) is 32.9 Å². The number of nitrogens with one attached hydrogen (secondary N) is 2. The molecule has 0 bridgehead atoms. The van der Waals surface area contributed by atoms with Crippen molar-refractivity contribution in [1.82, 2.24) is 10.6 Å². The van der Waals surface area contributed by atoms with E-state index in [0.717, 1.165) is 4.47 Å². The van der Waals surface area contributed by atoms with E-state index < -0.39 is 6.10 Å². The summed E-state index contributed by atoms with van der Waals surface area (Å²) in [6, 6.07) is 7.04. The van der Waals surface area contributed by atoms with Crippen LogP contribution in [0.1, 0.15) is 0 Å². The van der Waals surface area contributed by atoms with Gasteiger partial charge in [-0.1, -0.05) is 12.1 Å². The van der Waals surface area contributed by atoms with Gasteiger partial charge in [-0.15, -0.1) is 0 Å². The minimum absolute atomic E-state index is 0.109. The summed E-state index contributed by atoms with van der Waals surface area (Å²) in [5, 5.41) is 15.6. The van der Waals surface area contributed by atoms with Gasteiger partial charge < -0.3 is 25.2 Å². The molecule has 6 nitrogen and oxygen atoms in total. The number of amides is 1. The number of aliphatic hydroxyl groups excluding tert-OH is 1. The molecule has 116 valence electrons. The van der Waals surface area contributed by atoms with Gasteiger partial charge in [0.2, 0.25) is 5.91 Å². The molecule has 1 aliphatic heterocycles. The molecule has 1 amide bonds. The van der Waals surface area contributed by atoms with Crippen LogP contribution < -0.4 is 15.4 Å². The molecule has 1 aromatic carbocycles. The summed E-state index contributed by atoms with van der Waals surface area (Å²) in [7, 11) is 0. The molecule has 2 atom stereocenters. The quantitative estimate of drug-likeness (QED) is 0.681. The molecule has 0 radical (unpaired) electrons. The molecule has 1 heterocycles. The molecule has 1 fully saturated rings. The molecule has 3 N–H and O–H groups in total. The van der Waals surface area contributed by atoms with Gasteiger partial charge in [-0.05, 0) is 28.1 Å². The zero-order valence-electron chi connectivity index (χ0n) is 11.5. The second kappa shape index (κ2) is 8.33. The Labute approximate surface area is 131 Å². The van der Waals surface area contributed by atoms with Gasteiger partial charge in [0.15, 0.2) is 0 Å². The van der Waals surface area contributed by atoms with E-state index in [2.05, 4.69) is 26.6 Å². The van der Waals surface area contributed by atoms with E-state index >= 15 is 0 Å². The third-order valence-electron chi connectivity index (χ3n) is 3.02. The van der Waals surface area contributed by atoms with Gasteiger partial charge in [-0.2, -0.15) is 0 Å². The van der Waals surface area contributed by atoms with Gasteiger partial charge in [-0.3, -0.25) is 4.79 Å². The normalized spacial score (nSPS) is 19.8. The molecule has 0 spiro atoms. The van der Waals surface area contributed by atoms with Crippen molar-refractivity contribution in [3.05, 3.63) is 28.7 Å². The van der Waals surface area contributed by atoms with Crippen LogP contribution in [-0.4, -0.2) is 56.1 Å². The van der Waals surface area contributed by atoms with Crippen LogP contribution in [0.3, 0.4) is 0 Å². The van der Waals surface area contributed by atoms with Gasteiger partial charge in [0, 0.05) is 13.1 Å². The molecule has 2 unspecified atom stereocenters. The van der Waals surface area contributed by atoms with Gasteiger partial charge in [0.1, 0.15) is 24.5 Å². The first-order valence-corrected chi connectivity index (χ1v) is 7.60. The van der Waals surface area contributed by atoms with E-state index in [1.807, 2.05) is 18.2 Å². The minimum Gasteiger partial charge on any atom is -0.490 e. The van der Waals surface area contributed by atoms with Crippen LogP contribution in [0, 0.1) is 0 Å². The van der Waals surface area contributed by atoms with Crippen LogP contribution in [0.5, 0.6) is 5.75 Å². The Bertz CT molecular complexity index is 466. The number of morpholine rings is 1. The number of para-hydroxylation sites is 1. The molecule has 7 heteroatoms. The lowest BCUT2D eigenvalue weighted by Gasteiger charge is -2.23. The molecule has 2 rings (SSSR count). The Morgan fingerprint density at radius 1 is 1.57 bits per heavy atom. The predicted molar refractivity (Wildman–Crippen MR) is 81.3 cm³/mol. The summed E-state index contributed by atoms with van der Waals surface area (Å²) in [4.78, 5) is 11.8. The van der Waals surface area contributed by atoms with Crippen molar-refractivity contribution < 1.29 is 19.4 Å². The van der Waals surface area contributed by atoms with E-state index in [0.29, 0.717) is 25.5 Å². The highest BCUT2D eigenvalue weighted by molar-refractivity contribution is 9.10. The summed E-state index contributed by atoms with van der Waals surface area (Å²) >= 11 is 3.36. The monoisotopic (exact) mass is 358 g/mol. The van der Waals surface area contributed by atoms with Crippen molar-refractivity contribution in [2.24, 2.45) is 0 Å². The van der Waals surface area contributed by atoms with Crippen molar-refractivity contribution in [2.45, 2.75) is 12.1 Å². The number of hydrogen-bond acceptors (Lipinski definition) is 5. The summed E-state index contributed by atoms with van der Waals surface area (Å²) in [6.07, 6.45) is -0.773. The molecule has 1 saturated heterocycles. The van der Waals surface area contributed by atoms with Crippen LogP contribution in [0.15, 0.2) is 28.7 Å². The molecule has 1 aromatic rings. The largest absolute Gasteiger partial charge is 0.490 e. The zero-order valence-corrected chi connectivity index (χ0v) is 13.1. The molecule has 0 saturated carbocycles. The second-order valence-corrected chi connectivity index (χ2v) is 5.58. The molecular formula is C14H19BrN2O4. The number of aliphatic hydroxyl groups is 1. The van der Waals surface area contributed by atoms with Gasteiger partial charge in [0.05, 0.1) is 17.7 Å². The second-order valence-electron chi connectivity index (χ2n) is 4.72. The highest BCUT2D eigenvalue weighted by Crippen LogP contribution is 2.23. The first-order valence-electron chi connectivity index (χ1n) is 6.81. The third-order valence-corrected chi connectivity index (χ3v) is 3.67. The average Bonchev–Trinajstić information content (AvgIpc) is 2.52. The average molecular weight is 359 g/mol. The van der Waals surface area contributed by atoms with E-state index in [1.165, 1.54) is 0 Å². The summed E-state index contributed by atoms with van der Waals surface area (Å²) in [5.41, 5.74) is 0. The van der Waals surface area contributed by atoms with Crippen LogP contribution >= 0.6 is 15.9 Å². The van der Waals surface area contributed by atoms with E-state index in [1.54, 1.807) is 6.07 Å².